The van der Waals surface area contributed by atoms with Gasteiger partial charge in [-0.3, -0.25) is 0 Å². The van der Waals surface area contributed by atoms with E-state index in [1.807, 2.05) is 248 Å². The van der Waals surface area contributed by atoms with Gasteiger partial charge in [0.15, 0.2) is 11.2 Å². The molecule has 0 saturated heterocycles. The third-order valence-electron chi connectivity index (χ3n) is 12.3. The summed E-state index contributed by atoms with van der Waals surface area (Å²) < 4.78 is 49.4. The van der Waals surface area contributed by atoms with Gasteiger partial charge >= 0.3 is 0 Å². The SMILES string of the molecule is CC.CC.CC.CC.CC.CC.CC.Cc1c(Cl)ccc2ccoc12.Cc1cc(Cl)c2occc2c1.Cc1cc(Cl)cc2occc12.Cc1cc2ccoc2c(Cl)c1F.Cc1cc2ccoc2cc1Cl.Cc1ccc(Cl)c2ccoc12.Cc1ccc2occc2c1Cl. The number of hydrogen-bond donors (Lipinski definition) is 0. The van der Waals surface area contributed by atoms with Gasteiger partial charge in [0.2, 0.25) is 0 Å². The monoisotopic (exact) mass is 1390 g/mol. The van der Waals surface area contributed by atoms with Gasteiger partial charge in [0.1, 0.15) is 38.8 Å². The Kier molecular flexibility index (Phi) is 40.5. The van der Waals surface area contributed by atoms with Crippen LogP contribution < -0.4 is 0 Å². The summed E-state index contributed by atoms with van der Waals surface area (Å²) in [5.41, 5.74) is 12.7. The largest absolute Gasteiger partial charge is 0.464 e. The lowest BCUT2D eigenvalue weighted by Crippen LogP contribution is -1.83. The first kappa shape index (κ1) is 83.3. The summed E-state index contributed by atoms with van der Waals surface area (Å²) in [6, 6.07) is 38.0. The Balaban J connectivity index is 0.000000519. The highest BCUT2D eigenvalue weighted by Gasteiger charge is 2.11. The molecule has 0 aliphatic heterocycles. The molecule has 14 aromatic rings. The maximum absolute atomic E-state index is 13.1. The summed E-state index contributed by atoms with van der Waals surface area (Å²) in [6.45, 7) is 41.6. The number of fused-ring (bicyclic) bond motifs is 7. The number of rotatable bonds is 0. The van der Waals surface area contributed by atoms with E-state index in [2.05, 4.69) is 0 Å². The third-order valence-corrected chi connectivity index (χ3v) is 14.7. The van der Waals surface area contributed by atoms with Crippen molar-refractivity contribution in [3.63, 3.8) is 0 Å². The van der Waals surface area contributed by atoms with Crippen LogP contribution in [0.2, 0.25) is 35.2 Å². The first-order chi connectivity index (χ1) is 44.4. The van der Waals surface area contributed by atoms with Crippen molar-refractivity contribution in [2.45, 2.75) is 145 Å². The molecule has 0 aliphatic rings. The van der Waals surface area contributed by atoms with E-state index in [0.717, 1.165) is 130 Å². The fourth-order valence-corrected chi connectivity index (χ4v) is 9.73. The number of hydrogen-bond acceptors (Lipinski definition) is 7. The van der Waals surface area contributed by atoms with E-state index in [0.29, 0.717) is 16.2 Å². The van der Waals surface area contributed by atoms with Crippen molar-refractivity contribution in [3.05, 3.63) is 245 Å². The minimum Gasteiger partial charge on any atom is -0.464 e. The molecule has 496 valence electrons. The molecule has 0 aliphatic carbocycles. The van der Waals surface area contributed by atoms with Gasteiger partial charge in [-0.25, -0.2) is 4.39 Å². The molecule has 0 saturated carbocycles. The van der Waals surface area contributed by atoms with Crippen molar-refractivity contribution < 1.29 is 35.3 Å². The van der Waals surface area contributed by atoms with Crippen LogP contribution in [-0.2, 0) is 0 Å². The van der Waals surface area contributed by atoms with Crippen LogP contribution >= 0.6 is 81.2 Å². The standard InChI is InChI=1S/C9H6ClFO.6C9H7ClO.7C2H6/c1-5-4-6-2-3-12-9(6)7(10)8(5)11;1-6-4-7(10)5-9-8(6)2-3-11-9;1-6-4-7-2-3-11-9(7)5-8(6)10;1-6-4-7-2-3-11-9(7)8(10)5-6;1-6-8(10)3-2-7-4-5-11-9(6)7;1-6-2-3-8-7(9(6)10)4-5-11-8;1-6-2-3-8(10)7-4-5-11-9(6)7;7*1-2/h2-4H,1H3;6*2-5H,1H3;7*1-2H3. The lowest BCUT2D eigenvalue weighted by molar-refractivity contribution is 0.595. The predicted octanol–water partition coefficient (Wildman–Crippen LogP) is 31.1. The molecule has 0 radical (unpaired) electrons. The summed E-state index contributed by atoms with van der Waals surface area (Å²) >= 11 is 41.1. The van der Waals surface area contributed by atoms with Gasteiger partial charge in [0.05, 0.1) is 58.9 Å². The van der Waals surface area contributed by atoms with E-state index in [4.69, 9.17) is 112 Å². The summed E-state index contributed by atoms with van der Waals surface area (Å²) in [5.74, 6) is -0.404. The quantitative estimate of drug-likeness (QED) is 0.149. The molecule has 7 aromatic heterocycles. The molecule has 0 unspecified atom stereocenters. The van der Waals surface area contributed by atoms with E-state index in [1.165, 1.54) is 6.26 Å². The van der Waals surface area contributed by atoms with Crippen LogP contribution in [0.3, 0.4) is 0 Å². The highest BCUT2D eigenvalue weighted by molar-refractivity contribution is 6.37. The van der Waals surface area contributed by atoms with Crippen LogP contribution in [0.5, 0.6) is 0 Å². The second-order valence-corrected chi connectivity index (χ2v) is 20.8. The van der Waals surface area contributed by atoms with Crippen molar-refractivity contribution in [2.75, 3.05) is 0 Å². The minimum absolute atomic E-state index is 0.0648. The Morgan fingerprint density at radius 2 is 0.739 bits per heavy atom. The van der Waals surface area contributed by atoms with Crippen LogP contribution in [0.25, 0.3) is 76.8 Å². The molecule has 7 heterocycles. The van der Waals surface area contributed by atoms with Gasteiger partial charge in [0.25, 0.3) is 0 Å². The number of furan rings is 7. The first-order valence-electron chi connectivity index (χ1n) is 31.0. The van der Waals surface area contributed by atoms with Crippen LogP contribution in [-0.4, -0.2) is 0 Å². The summed E-state index contributed by atoms with van der Waals surface area (Å²) in [5, 5.41) is 11.8. The zero-order chi connectivity index (χ0) is 69.8. The number of benzene rings is 7. The number of halogens is 8. The van der Waals surface area contributed by atoms with E-state index < -0.39 is 5.82 Å². The van der Waals surface area contributed by atoms with E-state index in [9.17, 15) is 4.39 Å². The van der Waals surface area contributed by atoms with E-state index in [-0.39, 0.29) is 5.02 Å². The second-order valence-electron chi connectivity index (χ2n) is 17.9. The first-order valence-corrected chi connectivity index (χ1v) is 33.6. The third kappa shape index (κ3) is 23.7. The Hall–Kier alpha value is -6.72. The van der Waals surface area contributed by atoms with Crippen molar-refractivity contribution in [2.24, 2.45) is 0 Å². The smallest absolute Gasteiger partial charge is 0.155 e. The summed E-state index contributed by atoms with van der Waals surface area (Å²) in [4.78, 5) is 0. The molecular weight excluding hydrogens is 1300 g/mol. The summed E-state index contributed by atoms with van der Waals surface area (Å²) in [7, 11) is 0. The lowest BCUT2D eigenvalue weighted by Gasteiger charge is -1.98. The topological polar surface area (TPSA) is 92.0 Å². The normalized spacial score (nSPS) is 9.58. The molecule has 0 spiro atoms. The fourth-order valence-electron chi connectivity index (χ4n) is 8.10. The van der Waals surface area contributed by atoms with Gasteiger partial charge in [0, 0.05) is 70.5 Å². The Morgan fingerprint density at radius 1 is 0.272 bits per heavy atom. The molecule has 7 nitrogen and oxygen atoms in total. The van der Waals surface area contributed by atoms with Crippen LogP contribution in [0, 0.1) is 54.3 Å². The van der Waals surface area contributed by atoms with Crippen LogP contribution in [0.1, 0.15) is 136 Å². The Morgan fingerprint density at radius 3 is 1.37 bits per heavy atom. The van der Waals surface area contributed by atoms with Gasteiger partial charge in [-0.2, -0.15) is 0 Å². The minimum atomic E-state index is -0.404. The highest BCUT2D eigenvalue weighted by Crippen LogP contribution is 2.32. The van der Waals surface area contributed by atoms with Crippen molar-refractivity contribution in [1.29, 1.82) is 0 Å². The Labute approximate surface area is 579 Å². The predicted molar refractivity (Wildman–Crippen MR) is 401 cm³/mol. The molecule has 0 fully saturated rings. The fraction of sp³-hybridized carbons (Fsp3) is 0.273. The molecule has 0 atom stereocenters. The van der Waals surface area contributed by atoms with Crippen LogP contribution in [0.15, 0.2) is 196 Å². The van der Waals surface area contributed by atoms with Gasteiger partial charge < -0.3 is 30.9 Å². The Bertz CT molecular complexity index is 4090. The van der Waals surface area contributed by atoms with Crippen molar-refractivity contribution in [1.82, 2.24) is 0 Å². The van der Waals surface area contributed by atoms with E-state index in [1.54, 1.807) is 56.6 Å². The lowest BCUT2D eigenvalue weighted by atomic mass is 10.1. The molecule has 0 amide bonds. The molecule has 0 bridgehead atoms. The molecule has 7 aromatic carbocycles. The zero-order valence-corrected chi connectivity index (χ0v) is 62.3. The van der Waals surface area contributed by atoms with Gasteiger partial charge in [-0.05, 0) is 179 Å². The maximum Gasteiger partial charge on any atom is 0.155 e. The zero-order valence-electron chi connectivity index (χ0n) is 57.0. The number of aryl methyl sites for hydroxylation is 7. The summed E-state index contributed by atoms with van der Waals surface area (Å²) in [6.07, 6.45) is 11.5. The van der Waals surface area contributed by atoms with Crippen molar-refractivity contribution >= 4 is 158 Å². The average Bonchev–Trinajstić information content (AvgIpc) is 2.17. The van der Waals surface area contributed by atoms with Gasteiger partial charge in [-0.15, -0.1) is 0 Å². The molecule has 92 heavy (non-hydrogen) atoms. The molecule has 14 rings (SSSR count). The molecule has 15 heteroatoms. The van der Waals surface area contributed by atoms with Gasteiger partial charge in [-0.1, -0.05) is 190 Å². The molecule has 0 N–H and O–H groups in total. The maximum atomic E-state index is 13.1. The molecular formula is C77H90Cl7FO7. The second kappa shape index (κ2) is 44.8. The van der Waals surface area contributed by atoms with Crippen molar-refractivity contribution in [3.8, 4) is 0 Å². The highest BCUT2D eigenvalue weighted by atomic mass is 35.5. The van der Waals surface area contributed by atoms with E-state index >= 15 is 0 Å². The van der Waals surface area contributed by atoms with Crippen LogP contribution in [0.4, 0.5) is 4.39 Å². The average molecular weight is 1390 g/mol.